The molecule has 0 spiro atoms. The third-order valence-electron chi connectivity index (χ3n) is 4.12. The van der Waals surface area contributed by atoms with Crippen molar-refractivity contribution < 1.29 is 14.4 Å². The molecular formula is C20H13ClN4O3. The average molecular weight is 393 g/mol. The number of rotatable bonds is 3. The molecule has 3 aromatic rings. The van der Waals surface area contributed by atoms with Crippen LogP contribution >= 0.6 is 11.6 Å². The zero-order valence-corrected chi connectivity index (χ0v) is 15.1. The van der Waals surface area contributed by atoms with Gasteiger partial charge < -0.3 is 0 Å². The van der Waals surface area contributed by atoms with Gasteiger partial charge in [-0.2, -0.15) is 5.10 Å². The standard InChI is InChI=1S/C20H13ClN4O3/c21-14-6-8-16(9-7-14)25-19(27)17(18(26)23-20(25)28)10-13-11-22-24(12-13)15-4-2-1-3-5-15/h1-12H,(H,23,26,28)/b17-10-. The number of aromatic nitrogens is 2. The van der Waals surface area contributed by atoms with E-state index >= 15 is 0 Å². The molecule has 0 bridgehead atoms. The molecule has 7 nitrogen and oxygen atoms in total. The summed E-state index contributed by atoms with van der Waals surface area (Å²) in [4.78, 5) is 38.1. The first-order valence-electron chi connectivity index (χ1n) is 8.30. The summed E-state index contributed by atoms with van der Waals surface area (Å²) in [5, 5.41) is 6.88. The van der Waals surface area contributed by atoms with E-state index in [1.807, 2.05) is 30.3 Å². The molecule has 0 aliphatic carbocycles. The quantitative estimate of drug-likeness (QED) is 0.548. The molecule has 1 aliphatic heterocycles. The fraction of sp³-hybridized carbons (Fsp3) is 0. The lowest BCUT2D eigenvalue weighted by molar-refractivity contribution is -0.122. The fourth-order valence-corrected chi connectivity index (χ4v) is 2.91. The van der Waals surface area contributed by atoms with Crippen LogP contribution in [0.3, 0.4) is 0 Å². The predicted octanol–water partition coefficient (Wildman–Crippen LogP) is 3.19. The minimum Gasteiger partial charge on any atom is -0.273 e. The van der Waals surface area contributed by atoms with Gasteiger partial charge in [0.15, 0.2) is 0 Å². The number of hydrogen-bond acceptors (Lipinski definition) is 4. The maximum atomic E-state index is 12.8. The van der Waals surface area contributed by atoms with Gasteiger partial charge in [0.25, 0.3) is 11.8 Å². The number of carbonyl (C=O) groups is 3. The normalized spacial score (nSPS) is 15.8. The van der Waals surface area contributed by atoms with Crippen LogP contribution in [-0.2, 0) is 9.59 Å². The first-order chi connectivity index (χ1) is 13.5. The molecule has 0 saturated carbocycles. The molecule has 0 radical (unpaired) electrons. The zero-order valence-electron chi connectivity index (χ0n) is 14.4. The number of halogens is 1. The highest BCUT2D eigenvalue weighted by atomic mass is 35.5. The Labute approximate surface area is 164 Å². The number of hydrogen-bond donors (Lipinski definition) is 1. The molecule has 0 unspecified atom stereocenters. The van der Waals surface area contributed by atoms with Crippen molar-refractivity contribution >= 4 is 41.2 Å². The van der Waals surface area contributed by atoms with Crippen molar-refractivity contribution in [3.8, 4) is 5.69 Å². The number of para-hydroxylation sites is 1. The Kier molecular flexibility index (Phi) is 4.50. The molecule has 1 aliphatic rings. The van der Waals surface area contributed by atoms with Gasteiger partial charge in [-0.1, -0.05) is 29.8 Å². The van der Waals surface area contributed by atoms with Crippen molar-refractivity contribution in [2.75, 3.05) is 4.90 Å². The minimum atomic E-state index is -0.811. The van der Waals surface area contributed by atoms with Gasteiger partial charge in [-0.25, -0.2) is 14.4 Å². The van der Waals surface area contributed by atoms with E-state index in [1.54, 1.807) is 23.0 Å². The fourth-order valence-electron chi connectivity index (χ4n) is 2.78. The lowest BCUT2D eigenvalue weighted by Gasteiger charge is -2.26. The number of urea groups is 1. The molecule has 4 rings (SSSR count). The van der Waals surface area contributed by atoms with Crippen molar-refractivity contribution in [2.45, 2.75) is 0 Å². The molecule has 8 heteroatoms. The van der Waals surface area contributed by atoms with Crippen LogP contribution < -0.4 is 10.2 Å². The number of barbiturate groups is 1. The van der Waals surface area contributed by atoms with Gasteiger partial charge in [0.1, 0.15) is 5.57 Å². The average Bonchev–Trinajstić information content (AvgIpc) is 3.16. The molecule has 0 atom stereocenters. The van der Waals surface area contributed by atoms with Crippen LogP contribution in [0.1, 0.15) is 5.56 Å². The number of carbonyl (C=O) groups excluding carboxylic acids is 3. The first-order valence-corrected chi connectivity index (χ1v) is 8.68. The number of nitrogens with one attached hydrogen (secondary N) is 1. The van der Waals surface area contributed by atoms with Crippen LogP contribution in [0.2, 0.25) is 5.02 Å². The SMILES string of the molecule is O=C1NC(=O)N(c2ccc(Cl)cc2)C(=O)/C1=C\c1cnn(-c2ccccc2)c1. The molecule has 4 amide bonds. The van der Waals surface area contributed by atoms with E-state index in [0.29, 0.717) is 16.3 Å². The lowest BCUT2D eigenvalue weighted by Crippen LogP contribution is -2.54. The van der Waals surface area contributed by atoms with Gasteiger partial charge in [0.05, 0.1) is 17.6 Å². The molecule has 138 valence electrons. The van der Waals surface area contributed by atoms with E-state index in [4.69, 9.17) is 11.6 Å². The van der Waals surface area contributed by atoms with Crippen LogP contribution in [-0.4, -0.2) is 27.6 Å². The molecule has 2 aromatic carbocycles. The van der Waals surface area contributed by atoms with Gasteiger partial charge in [-0.3, -0.25) is 14.9 Å². The smallest absolute Gasteiger partial charge is 0.273 e. The van der Waals surface area contributed by atoms with Gasteiger partial charge in [-0.15, -0.1) is 0 Å². The maximum absolute atomic E-state index is 12.8. The highest BCUT2D eigenvalue weighted by Gasteiger charge is 2.36. The Morgan fingerprint density at radius 1 is 0.929 bits per heavy atom. The van der Waals surface area contributed by atoms with E-state index < -0.39 is 17.8 Å². The Morgan fingerprint density at radius 2 is 1.64 bits per heavy atom. The second-order valence-corrected chi connectivity index (χ2v) is 6.42. The molecule has 1 saturated heterocycles. The summed E-state index contributed by atoms with van der Waals surface area (Å²) in [6.45, 7) is 0. The van der Waals surface area contributed by atoms with Crippen molar-refractivity contribution in [3.63, 3.8) is 0 Å². The second kappa shape index (κ2) is 7.13. The summed E-state index contributed by atoms with van der Waals surface area (Å²) in [5.41, 5.74) is 1.53. The van der Waals surface area contributed by atoms with Crippen molar-refractivity contribution in [3.05, 3.63) is 83.2 Å². The summed E-state index contributed by atoms with van der Waals surface area (Å²) in [7, 11) is 0. The van der Waals surface area contributed by atoms with Crippen molar-refractivity contribution in [2.24, 2.45) is 0 Å². The summed E-state index contributed by atoms with van der Waals surface area (Å²) in [6, 6.07) is 14.8. The number of imide groups is 2. The Bertz CT molecular complexity index is 1100. The molecule has 28 heavy (non-hydrogen) atoms. The highest BCUT2D eigenvalue weighted by Crippen LogP contribution is 2.23. The molecule has 1 fully saturated rings. The van der Waals surface area contributed by atoms with E-state index in [0.717, 1.165) is 10.6 Å². The number of anilines is 1. The molecule has 1 N–H and O–H groups in total. The van der Waals surface area contributed by atoms with Crippen LogP contribution in [0.5, 0.6) is 0 Å². The van der Waals surface area contributed by atoms with Gasteiger partial charge in [0, 0.05) is 16.8 Å². The van der Waals surface area contributed by atoms with Crippen molar-refractivity contribution in [1.82, 2.24) is 15.1 Å². The Balaban J connectivity index is 1.67. The van der Waals surface area contributed by atoms with Crippen LogP contribution in [0, 0.1) is 0 Å². The highest BCUT2D eigenvalue weighted by molar-refractivity contribution is 6.39. The van der Waals surface area contributed by atoms with Gasteiger partial charge in [-0.05, 0) is 42.5 Å². The monoisotopic (exact) mass is 392 g/mol. The molecule has 1 aromatic heterocycles. The van der Waals surface area contributed by atoms with Crippen LogP contribution in [0.15, 0.2) is 72.6 Å². The van der Waals surface area contributed by atoms with E-state index in [9.17, 15) is 14.4 Å². The third-order valence-corrected chi connectivity index (χ3v) is 4.37. The van der Waals surface area contributed by atoms with Crippen LogP contribution in [0.25, 0.3) is 11.8 Å². The summed E-state index contributed by atoms with van der Waals surface area (Å²) in [5.74, 6) is -1.48. The number of nitrogens with zero attached hydrogens (tertiary/aromatic N) is 3. The Morgan fingerprint density at radius 3 is 2.36 bits per heavy atom. The summed E-state index contributed by atoms with van der Waals surface area (Å²) < 4.78 is 1.62. The van der Waals surface area contributed by atoms with Crippen molar-refractivity contribution in [1.29, 1.82) is 0 Å². The van der Waals surface area contributed by atoms with Crippen LogP contribution in [0.4, 0.5) is 10.5 Å². The molecular weight excluding hydrogens is 380 g/mol. The van der Waals surface area contributed by atoms with Gasteiger partial charge in [0.2, 0.25) is 0 Å². The largest absolute Gasteiger partial charge is 0.335 e. The van der Waals surface area contributed by atoms with E-state index in [2.05, 4.69) is 10.4 Å². The maximum Gasteiger partial charge on any atom is 0.335 e. The van der Waals surface area contributed by atoms with E-state index in [1.165, 1.54) is 24.4 Å². The number of benzene rings is 2. The van der Waals surface area contributed by atoms with E-state index in [-0.39, 0.29) is 5.57 Å². The molecule has 2 heterocycles. The predicted molar refractivity (Wildman–Crippen MR) is 104 cm³/mol. The number of amides is 4. The summed E-state index contributed by atoms with van der Waals surface area (Å²) in [6.07, 6.45) is 4.62. The van der Waals surface area contributed by atoms with Gasteiger partial charge >= 0.3 is 6.03 Å². The summed E-state index contributed by atoms with van der Waals surface area (Å²) >= 11 is 5.86. The third kappa shape index (κ3) is 3.30. The topological polar surface area (TPSA) is 84.3 Å². The zero-order chi connectivity index (χ0) is 19.7. The first kappa shape index (κ1) is 17.7. The lowest BCUT2D eigenvalue weighted by atomic mass is 10.1. The Hall–Kier alpha value is -3.71. The minimum absolute atomic E-state index is 0.165. The second-order valence-electron chi connectivity index (χ2n) is 5.99.